The summed E-state index contributed by atoms with van der Waals surface area (Å²) in [6.45, 7) is 2.11. The molecule has 0 spiro atoms. The zero-order chi connectivity index (χ0) is 12.7. The van der Waals surface area contributed by atoms with Crippen molar-refractivity contribution >= 4 is 5.78 Å². The summed E-state index contributed by atoms with van der Waals surface area (Å²) in [5.41, 5.74) is 0.419. The lowest BCUT2D eigenvalue weighted by atomic mass is 10.0. The van der Waals surface area contributed by atoms with Crippen molar-refractivity contribution in [3.05, 3.63) is 35.4 Å². The molecule has 0 radical (unpaired) electrons. The molecule has 3 heteroatoms. The van der Waals surface area contributed by atoms with Crippen LogP contribution in [0.1, 0.15) is 44.6 Å². The zero-order valence-corrected chi connectivity index (χ0v) is 10.1. The number of hydrogen-bond donors (Lipinski definition) is 0. The third kappa shape index (κ3) is 5.57. The first-order valence-electron chi connectivity index (χ1n) is 6.08. The third-order valence-electron chi connectivity index (χ3n) is 2.63. The second kappa shape index (κ2) is 7.15. The molecule has 0 atom stereocenters. The van der Waals surface area contributed by atoms with Crippen LogP contribution in [-0.2, 0) is 11.2 Å². The molecular formula is C14H18F2O. The minimum atomic E-state index is -0.626. The van der Waals surface area contributed by atoms with Crippen LogP contribution < -0.4 is 0 Å². The van der Waals surface area contributed by atoms with Crippen molar-refractivity contribution in [2.45, 2.75) is 45.4 Å². The number of benzene rings is 1. The van der Waals surface area contributed by atoms with Gasteiger partial charge in [0, 0.05) is 18.9 Å². The lowest BCUT2D eigenvalue weighted by Crippen LogP contribution is -2.03. The maximum Gasteiger partial charge on any atom is 0.137 e. The number of unbranched alkanes of at least 4 members (excludes halogenated alkanes) is 3. The average Bonchev–Trinajstić information content (AvgIpc) is 2.23. The van der Waals surface area contributed by atoms with Crippen LogP contribution in [0.2, 0.25) is 0 Å². The van der Waals surface area contributed by atoms with Crippen molar-refractivity contribution in [3.8, 4) is 0 Å². The third-order valence-corrected chi connectivity index (χ3v) is 2.63. The van der Waals surface area contributed by atoms with E-state index in [4.69, 9.17) is 0 Å². The van der Waals surface area contributed by atoms with Crippen molar-refractivity contribution in [3.63, 3.8) is 0 Å². The summed E-state index contributed by atoms with van der Waals surface area (Å²) < 4.78 is 25.8. The van der Waals surface area contributed by atoms with E-state index in [9.17, 15) is 13.6 Å². The molecule has 0 unspecified atom stereocenters. The van der Waals surface area contributed by atoms with E-state index in [0.29, 0.717) is 12.0 Å². The molecule has 0 fully saturated rings. The van der Waals surface area contributed by atoms with E-state index < -0.39 is 11.6 Å². The number of carbonyl (C=O) groups excluding carboxylic acids is 1. The molecule has 1 rings (SSSR count). The van der Waals surface area contributed by atoms with Crippen LogP contribution in [-0.4, -0.2) is 5.78 Å². The minimum Gasteiger partial charge on any atom is -0.299 e. The van der Waals surface area contributed by atoms with E-state index in [-0.39, 0.29) is 12.2 Å². The molecule has 0 aliphatic heterocycles. The fourth-order valence-electron chi connectivity index (χ4n) is 1.78. The fraction of sp³-hybridized carbons (Fsp3) is 0.500. The Balaban J connectivity index is 2.39. The van der Waals surface area contributed by atoms with Crippen LogP contribution in [0.25, 0.3) is 0 Å². The highest BCUT2D eigenvalue weighted by Crippen LogP contribution is 2.11. The highest BCUT2D eigenvalue weighted by molar-refractivity contribution is 5.80. The molecule has 1 aromatic rings. The van der Waals surface area contributed by atoms with Gasteiger partial charge in [0.15, 0.2) is 0 Å². The predicted molar refractivity (Wildman–Crippen MR) is 63.8 cm³/mol. The first-order valence-corrected chi connectivity index (χ1v) is 6.08. The van der Waals surface area contributed by atoms with Crippen LogP contribution in [0, 0.1) is 11.6 Å². The maximum atomic E-state index is 12.9. The summed E-state index contributed by atoms with van der Waals surface area (Å²) >= 11 is 0. The van der Waals surface area contributed by atoms with Gasteiger partial charge in [0.1, 0.15) is 17.4 Å². The fourth-order valence-corrected chi connectivity index (χ4v) is 1.78. The Morgan fingerprint density at radius 2 is 1.71 bits per heavy atom. The summed E-state index contributed by atoms with van der Waals surface area (Å²) in [5.74, 6) is -1.20. The van der Waals surface area contributed by atoms with E-state index in [1.54, 1.807) is 0 Å². The Bertz CT molecular complexity index is 354. The molecule has 0 aliphatic carbocycles. The van der Waals surface area contributed by atoms with Gasteiger partial charge in [-0.25, -0.2) is 8.78 Å². The van der Waals surface area contributed by atoms with Crippen molar-refractivity contribution in [2.75, 3.05) is 0 Å². The molecule has 0 aromatic heterocycles. The average molecular weight is 240 g/mol. The Kier molecular flexibility index (Phi) is 5.81. The van der Waals surface area contributed by atoms with Gasteiger partial charge in [0.25, 0.3) is 0 Å². The highest BCUT2D eigenvalue weighted by atomic mass is 19.1. The van der Waals surface area contributed by atoms with E-state index in [2.05, 4.69) is 6.92 Å². The molecule has 1 nitrogen and oxygen atoms in total. The van der Waals surface area contributed by atoms with Gasteiger partial charge < -0.3 is 0 Å². The standard InChI is InChI=1S/C14H18F2O/c1-2-3-4-5-6-14(17)9-11-7-12(15)10-13(16)8-11/h7-8,10H,2-6,9H2,1H3. The van der Waals surface area contributed by atoms with Crippen molar-refractivity contribution in [1.82, 2.24) is 0 Å². The number of Topliss-reactive ketones (excluding diaryl/α,β-unsaturated/α-hetero) is 1. The van der Waals surface area contributed by atoms with Gasteiger partial charge in [-0.05, 0) is 24.1 Å². The van der Waals surface area contributed by atoms with Gasteiger partial charge in [-0.1, -0.05) is 26.2 Å². The monoisotopic (exact) mass is 240 g/mol. The SMILES string of the molecule is CCCCCCC(=O)Cc1cc(F)cc(F)c1. The van der Waals surface area contributed by atoms with E-state index in [0.717, 1.165) is 31.7 Å². The summed E-state index contributed by atoms with van der Waals surface area (Å²) in [6, 6.07) is 3.25. The molecule has 1 aromatic carbocycles. The van der Waals surface area contributed by atoms with Gasteiger partial charge in [0.2, 0.25) is 0 Å². The van der Waals surface area contributed by atoms with Gasteiger partial charge >= 0.3 is 0 Å². The summed E-state index contributed by atoms with van der Waals surface area (Å²) in [7, 11) is 0. The van der Waals surface area contributed by atoms with Crippen LogP contribution >= 0.6 is 0 Å². The maximum absolute atomic E-state index is 12.9. The molecule has 0 amide bonds. The van der Waals surface area contributed by atoms with Crippen molar-refractivity contribution in [2.24, 2.45) is 0 Å². The zero-order valence-electron chi connectivity index (χ0n) is 10.1. The Hall–Kier alpha value is -1.25. The van der Waals surface area contributed by atoms with Gasteiger partial charge in [-0.15, -0.1) is 0 Å². The molecule has 0 saturated carbocycles. The lowest BCUT2D eigenvalue weighted by molar-refractivity contribution is -0.118. The van der Waals surface area contributed by atoms with Crippen molar-refractivity contribution < 1.29 is 13.6 Å². The Morgan fingerprint density at radius 1 is 1.06 bits per heavy atom. The number of ketones is 1. The molecule has 0 saturated heterocycles. The molecule has 17 heavy (non-hydrogen) atoms. The minimum absolute atomic E-state index is 0.0473. The van der Waals surface area contributed by atoms with Gasteiger partial charge in [-0.2, -0.15) is 0 Å². The summed E-state index contributed by atoms with van der Waals surface area (Å²) in [5, 5.41) is 0. The largest absolute Gasteiger partial charge is 0.299 e. The Morgan fingerprint density at radius 3 is 2.29 bits per heavy atom. The quantitative estimate of drug-likeness (QED) is 0.657. The van der Waals surface area contributed by atoms with Crippen LogP contribution in [0.3, 0.4) is 0 Å². The molecule has 0 heterocycles. The number of rotatable bonds is 7. The molecular weight excluding hydrogens is 222 g/mol. The molecule has 0 aliphatic rings. The Labute approximate surface area is 101 Å². The van der Waals surface area contributed by atoms with Gasteiger partial charge in [-0.3, -0.25) is 4.79 Å². The summed E-state index contributed by atoms with van der Waals surface area (Å²) in [4.78, 5) is 11.6. The number of carbonyl (C=O) groups is 1. The second-order valence-electron chi connectivity index (χ2n) is 4.30. The van der Waals surface area contributed by atoms with Crippen molar-refractivity contribution in [1.29, 1.82) is 0 Å². The van der Waals surface area contributed by atoms with Gasteiger partial charge in [0.05, 0.1) is 0 Å². The molecule has 0 N–H and O–H groups in total. The van der Waals surface area contributed by atoms with E-state index in [1.165, 1.54) is 12.1 Å². The van der Waals surface area contributed by atoms with E-state index in [1.807, 2.05) is 0 Å². The first kappa shape index (κ1) is 13.8. The van der Waals surface area contributed by atoms with Crippen LogP contribution in [0.5, 0.6) is 0 Å². The molecule has 94 valence electrons. The topological polar surface area (TPSA) is 17.1 Å². The number of halogens is 2. The van der Waals surface area contributed by atoms with Crippen LogP contribution in [0.15, 0.2) is 18.2 Å². The van der Waals surface area contributed by atoms with Crippen LogP contribution in [0.4, 0.5) is 8.78 Å². The summed E-state index contributed by atoms with van der Waals surface area (Å²) in [6.07, 6.45) is 4.79. The second-order valence-corrected chi connectivity index (χ2v) is 4.30. The number of hydrogen-bond acceptors (Lipinski definition) is 1. The molecule has 0 bridgehead atoms. The van der Waals surface area contributed by atoms with E-state index >= 15 is 0 Å². The smallest absolute Gasteiger partial charge is 0.137 e. The highest BCUT2D eigenvalue weighted by Gasteiger charge is 2.06. The lowest BCUT2D eigenvalue weighted by Gasteiger charge is -2.02. The first-order chi connectivity index (χ1) is 8.11. The normalized spacial score (nSPS) is 10.5. The predicted octanol–water partition coefficient (Wildman–Crippen LogP) is 4.05.